The maximum atomic E-state index is 12.2. The highest BCUT2D eigenvalue weighted by Gasteiger charge is 2.60. The molecule has 0 amide bonds. The average molecular weight is 267 g/mol. The molecule has 0 spiro atoms. The van der Waals surface area contributed by atoms with Crippen LogP contribution in [0.5, 0.6) is 0 Å². The Morgan fingerprint density at radius 3 is 2.65 bits per heavy atom. The first-order valence-corrected chi connectivity index (χ1v) is 7.65. The van der Waals surface area contributed by atoms with E-state index in [-0.39, 0.29) is 11.0 Å². The largest absolute Gasteiger partial charge is 0.407 e. The maximum absolute atomic E-state index is 12.2. The van der Waals surface area contributed by atoms with E-state index >= 15 is 0 Å². The summed E-state index contributed by atoms with van der Waals surface area (Å²) in [6, 6.07) is 7.52. The van der Waals surface area contributed by atoms with E-state index in [1.54, 1.807) is 6.07 Å². The van der Waals surface area contributed by atoms with Crippen LogP contribution < -0.4 is 5.63 Å². The molecule has 2 aromatic rings. The summed E-state index contributed by atoms with van der Waals surface area (Å²) in [5, 5.41) is 0.602. The van der Waals surface area contributed by atoms with Crippen LogP contribution in [0.1, 0.15) is 38.0 Å². The van der Waals surface area contributed by atoms with E-state index in [4.69, 9.17) is 9.40 Å². The Labute approximate surface area is 117 Å². The van der Waals surface area contributed by atoms with Crippen LogP contribution in [0, 0.1) is 17.8 Å². The van der Waals surface area contributed by atoms with Crippen molar-refractivity contribution in [2.45, 2.75) is 37.5 Å². The third-order valence-corrected chi connectivity index (χ3v) is 5.95. The third-order valence-electron chi connectivity index (χ3n) is 5.95. The summed E-state index contributed by atoms with van der Waals surface area (Å²) in [5.74, 6) is 3.11. The van der Waals surface area contributed by atoms with Crippen molar-refractivity contribution in [1.82, 2.24) is 4.98 Å². The summed E-state index contributed by atoms with van der Waals surface area (Å²) in [5.41, 5.74) is 0.655. The Kier molecular flexibility index (Phi) is 1.94. The van der Waals surface area contributed by atoms with E-state index in [9.17, 15) is 4.79 Å². The Balaban J connectivity index is 1.74. The Morgan fingerprint density at radius 2 is 1.85 bits per heavy atom. The highest BCUT2D eigenvalue weighted by Crippen LogP contribution is 2.65. The van der Waals surface area contributed by atoms with Crippen LogP contribution in [-0.2, 0) is 5.41 Å². The van der Waals surface area contributed by atoms with E-state index in [1.165, 1.54) is 32.1 Å². The maximum Gasteiger partial charge on any atom is 0.346 e. The molecule has 4 bridgehead atoms. The molecule has 6 rings (SSSR count). The number of hydrogen-bond donors (Lipinski definition) is 0. The van der Waals surface area contributed by atoms with Gasteiger partial charge in [-0.2, -0.15) is 0 Å². The van der Waals surface area contributed by atoms with Crippen molar-refractivity contribution in [3.05, 3.63) is 40.6 Å². The van der Waals surface area contributed by atoms with Gasteiger partial charge in [0.1, 0.15) is 0 Å². The highest BCUT2D eigenvalue weighted by atomic mass is 16.4. The van der Waals surface area contributed by atoms with Crippen molar-refractivity contribution in [2.24, 2.45) is 17.8 Å². The van der Waals surface area contributed by atoms with Crippen molar-refractivity contribution in [3.63, 3.8) is 0 Å². The zero-order valence-electron chi connectivity index (χ0n) is 11.3. The van der Waals surface area contributed by atoms with Gasteiger partial charge in [0, 0.05) is 0 Å². The number of hydrogen-bond acceptors (Lipinski definition) is 3. The molecule has 2 atom stereocenters. The zero-order chi connectivity index (χ0) is 13.3. The topological polar surface area (TPSA) is 43.1 Å². The monoisotopic (exact) mass is 267 g/mol. The molecule has 102 valence electrons. The molecule has 4 aliphatic carbocycles. The molecule has 4 fully saturated rings. The Morgan fingerprint density at radius 1 is 1.10 bits per heavy atom. The predicted octanol–water partition coefficient (Wildman–Crippen LogP) is 3.27. The fraction of sp³-hybridized carbons (Fsp3) is 0.529. The van der Waals surface area contributed by atoms with E-state index in [0.717, 1.165) is 23.2 Å². The second kappa shape index (κ2) is 3.51. The number of benzene rings is 1. The van der Waals surface area contributed by atoms with Gasteiger partial charge in [0.25, 0.3) is 0 Å². The van der Waals surface area contributed by atoms with E-state index in [2.05, 4.69) is 0 Å². The van der Waals surface area contributed by atoms with E-state index in [0.29, 0.717) is 11.3 Å². The molecule has 1 aromatic carbocycles. The van der Waals surface area contributed by atoms with Gasteiger partial charge >= 0.3 is 5.63 Å². The summed E-state index contributed by atoms with van der Waals surface area (Å²) >= 11 is 0. The van der Waals surface area contributed by atoms with Crippen LogP contribution in [0.2, 0.25) is 0 Å². The van der Waals surface area contributed by atoms with Crippen molar-refractivity contribution >= 4 is 10.9 Å². The van der Waals surface area contributed by atoms with Gasteiger partial charge in [0.15, 0.2) is 0 Å². The van der Waals surface area contributed by atoms with Crippen LogP contribution in [0.15, 0.2) is 33.5 Å². The molecule has 4 aliphatic rings. The smallest absolute Gasteiger partial charge is 0.346 e. The van der Waals surface area contributed by atoms with Crippen molar-refractivity contribution in [2.75, 3.05) is 0 Å². The molecule has 1 aromatic heterocycles. The molecule has 20 heavy (non-hydrogen) atoms. The lowest BCUT2D eigenvalue weighted by Crippen LogP contribution is -2.30. The lowest BCUT2D eigenvalue weighted by atomic mass is 9.75. The normalized spacial score (nSPS) is 37.9. The summed E-state index contributed by atoms with van der Waals surface area (Å²) in [6.45, 7) is 0. The number of aromatic nitrogens is 1. The van der Waals surface area contributed by atoms with Crippen molar-refractivity contribution in [3.8, 4) is 0 Å². The van der Waals surface area contributed by atoms with Crippen molar-refractivity contribution in [1.29, 1.82) is 0 Å². The van der Waals surface area contributed by atoms with Crippen LogP contribution >= 0.6 is 0 Å². The first-order chi connectivity index (χ1) is 9.74. The molecule has 0 aliphatic heterocycles. The summed E-state index contributed by atoms with van der Waals surface area (Å²) in [6.07, 6.45) is 6.38. The fourth-order valence-electron chi connectivity index (χ4n) is 5.38. The third kappa shape index (κ3) is 1.26. The number of nitrogens with zero attached hydrogens (tertiary/aromatic N) is 1. The summed E-state index contributed by atoms with van der Waals surface area (Å²) in [7, 11) is 0. The molecule has 3 nitrogen and oxygen atoms in total. The highest BCUT2D eigenvalue weighted by molar-refractivity contribution is 5.76. The van der Waals surface area contributed by atoms with Crippen LogP contribution in [-0.4, -0.2) is 4.98 Å². The van der Waals surface area contributed by atoms with Gasteiger partial charge in [-0.3, -0.25) is 0 Å². The van der Waals surface area contributed by atoms with Crippen LogP contribution in [0.25, 0.3) is 10.9 Å². The van der Waals surface area contributed by atoms with E-state index < -0.39 is 0 Å². The number of rotatable bonds is 1. The number of fused-ring (bicyclic) bond motifs is 1. The lowest BCUT2D eigenvalue weighted by molar-refractivity contribution is 0.229. The van der Waals surface area contributed by atoms with E-state index in [1.807, 2.05) is 18.2 Å². The second-order valence-electron chi connectivity index (χ2n) is 7.02. The van der Waals surface area contributed by atoms with Gasteiger partial charge in [-0.15, -0.1) is 0 Å². The van der Waals surface area contributed by atoms with Crippen LogP contribution in [0.4, 0.5) is 0 Å². The van der Waals surface area contributed by atoms with Gasteiger partial charge in [-0.1, -0.05) is 12.1 Å². The minimum Gasteiger partial charge on any atom is -0.407 e. The van der Waals surface area contributed by atoms with Gasteiger partial charge in [0.05, 0.1) is 16.3 Å². The van der Waals surface area contributed by atoms with Gasteiger partial charge < -0.3 is 4.42 Å². The van der Waals surface area contributed by atoms with Gasteiger partial charge in [-0.25, -0.2) is 9.78 Å². The van der Waals surface area contributed by atoms with Gasteiger partial charge in [0.2, 0.25) is 5.89 Å². The SMILES string of the molecule is O=c1oc(C23CC4CC(CC2C4)C3)nc2ccccc12. The molecular formula is C17H17NO2. The fourth-order valence-corrected chi connectivity index (χ4v) is 5.38. The Hall–Kier alpha value is -1.64. The molecular weight excluding hydrogens is 250 g/mol. The lowest BCUT2D eigenvalue weighted by Gasteiger charge is -2.30. The zero-order valence-corrected chi connectivity index (χ0v) is 11.3. The quantitative estimate of drug-likeness (QED) is 0.796. The molecule has 0 N–H and O–H groups in total. The molecule has 0 radical (unpaired) electrons. The first kappa shape index (κ1) is 11.1. The molecule has 4 saturated carbocycles. The van der Waals surface area contributed by atoms with Crippen molar-refractivity contribution < 1.29 is 4.42 Å². The summed E-state index contributed by atoms with van der Waals surface area (Å²) in [4.78, 5) is 17.0. The predicted molar refractivity (Wildman–Crippen MR) is 75.5 cm³/mol. The average Bonchev–Trinajstić information content (AvgIpc) is 2.85. The minimum atomic E-state index is -0.216. The van der Waals surface area contributed by atoms with Crippen LogP contribution in [0.3, 0.4) is 0 Å². The molecule has 1 heterocycles. The first-order valence-electron chi connectivity index (χ1n) is 7.65. The summed E-state index contributed by atoms with van der Waals surface area (Å²) < 4.78 is 5.68. The molecule has 2 unspecified atom stereocenters. The second-order valence-corrected chi connectivity index (χ2v) is 7.02. The standard InChI is InChI=1S/C17H17NO2/c19-15-13-3-1-2-4-14(13)18-16(20-15)17-8-10-5-11(9-17)7-12(17)6-10/h1-4,10-12H,5-9H2. The Bertz CT molecular complexity index is 749. The minimum absolute atomic E-state index is 0.0801. The van der Waals surface area contributed by atoms with Gasteiger partial charge in [-0.05, 0) is 62.0 Å². The molecule has 0 saturated heterocycles. The number of para-hydroxylation sites is 1. The molecule has 3 heteroatoms.